The second-order valence-electron chi connectivity index (χ2n) is 9.39. The zero-order chi connectivity index (χ0) is 23.3. The Kier molecular flexibility index (Phi) is 7.48. The Morgan fingerprint density at radius 3 is 1.36 bits per heavy atom. The number of carbonyl (C=O) groups is 2. The Morgan fingerprint density at radius 2 is 1.00 bits per heavy atom. The van der Waals surface area contributed by atoms with E-state index < -0.39 is 0 Å². The molecule has 2 fully saturated rings. The average Bonchev–Trinajstić information content (AvgIpc) is 2.80. The molecule has 0 heterocycles. The third-order valence-electron chi connectivity index (χ3n) is 6.98. The molecule has 4 rings (SSSR count). The Hall–Kier alpha value is -2.27. The molecular weight excluding hydrogens is 432 g/mol. The number of carbonyl (C=O) groups excluding carboxylic acids is 2. The largest absolute Gasteiger partial charge is 0.426 e. The van der Waals surface area contributed by atoms with Crippen molar-refractivity contribution in [3.8, 4) is 11.5 Å². The van der Waals surface area contributed by atoms with E-state index in [9.17, 15) is 9.59 Å². The van der Waals surface area contributed by atoms with Crippen LogP contribution in [-0.4, -0.2) is 11.9 Å². The van der Waals surface area contributed by atoms with Gasteiger partial charge in [0.05, 0.1) is 0 Å². The van der Waals surface area contributed by atoms with E-state index in [-0.39, 0.29) is 21.4 Å². The van der Waals surface area contributed by atoms with Gasteiger partial charge in [-0.2, -0.15) is 0 Å². The minimum atomic E-state index is -0.286. The van der Waals surface area contributed by atoms with E-state index in [4.69, 9.17) is 9.47 Å². The van der Waals surface area contributed by atoms with Crippen LogP contribution >= 0.6 is 11.8 Å². The van der Waals surface area contributed by atoms with Crippen LogP contribution in [0.4, 0.5) is 0 Å². The molecule has 2 saturated carbocycles. The maximum absolute atomic E-state index is 11.9. The summed E-state index contributed by atoms with van der Waals surface area (Å²) < 4.78 is 11.1. The Labute approximate surface area is 201 Å². The molecule has 0 N–H and O–H groups in total. The van der Waals surface area contributed by atoms with Crippen molar-refractivity contribution in [2.45, 2.75) is 87.5 Å². The van der Waals surface area contributed by atoms with Crippen molar-refractivity contribution < 1.29 is 19.1 Å². The molecule has 0 aromatic heterocycles. The monoisotopic (exact) mass is 466 g/mol. The molecule has 0 unspecified atom stereocenters. The fourth-order valence-electron chi connectivity index (χ4n) is 5.65. The van der Waals surface area contributed by atoms with E-state index in [1.54, 1.807) is 0 Å². The van der Waals surface area contributed by atoms with Crippen molar-refractivity contribution in [3.05, 3.63) is 59.7 Å². The standard InChI is InChI=1S/C28H34O4S/c1-21(29)31-25-15-7-5-13-23(25)27(17-9-3-10-18-27)33-28(19-11-4-12-20-28)24-14-6-8-16-26(24)32-22(2)30/h5-8,13-16H,3-4,9-12,17-20H2,1-2H3. The molecule has 0 saturated heterocycles. The first-order valence-corrected chi connectivity index (χ1v) is 13.0. The molecule has 2 aromatic carbocycles. The molecule has 0 aliphatic heterocycles. The third kappa shape index (κ3) is 5.29. The van der Waals surface area contributed by atoms with Crippen molar-refractivity contribution in [1.29, 1.82) is 0 Å². The topological polar surface area (TPSA) is 52.6 Å². The Balaban J connectivity index is 1.82. The molecule has 2 aliphatic rings. The number of rotatable bonds is 6. The van der Waals surface area contributed by atoms with Crippen molar-refractivity contribution in [1.82, 2.24) is 0 Å². The third-order valence-corrected chi connectivity index (χ3v) is 9.01. The van der Waals surface area contributed by atoms with E-state index in [2.05, 4.69) is 24.3 Å². The van der Waals surface area contributed by atoms with Crippen molar-refractivity contribution in [2.24, 2.45) is 0 Å². The lowest BCUT2D eigenvalue weighted by Gasteiger charge is -2.48. The van der Waals surface area contributed by atoms with E-state index in [1.165, 1.54) is 26.7 Å². The number of thioether (sulfide) groups is 1. The molecule has 4 nitrogen and oxygen atoms in total. The van der Waals surface area contributed by atoms with Crippen LogP contribution in [0.25, 0.3) is 0 Å². The first-order valence-electron chi connectivity index (χ1n) is 12.2. The number of hydrogen-bond acceptors (Lipinski definition) is 5. The number of esters is 2. The van der Waals surface area contributed by atoms with Crippen LogP contribution in [0.3, 0.4) is 0 Å². The minimum Gasteiger partial charge on any atom is -0.426 e. The second kappa shape index (κ2) is 10.3. The van der Waals surface area contributed by atoms with Crippen molar-refractivity contribution >= 4 is 23.7 Å². The number of para-hydroxylation sites is 2. The van der Waals surface area contributed by atoms with Crippen molar-refractivity contribution in [2.75, 3.05) is 0 Å². The number of benzene rings is 2. The van der Waals surface area contributed by atoms with Crippen LogP contribution in [0, 0.1) is 0 Å². The Bertz CT molecular complexity index is 907. The fourth-order valence-corrected chi connectivity index (χ4v) is 7.94. The SMILES string of the molecule is CC(=O)Oc1ccccc1C1(SC2(c3ccccc3OC(C)=O)CCCCC2)CCCCC1. The molecule has 2 aliphatic carbocycles. The lowest BCUT2D eigenvalue weighted by Crippen LogP contribution is -2.36. The summed E-state index contributed by atoms with van der Waals surface area (Å²) in [6, 6.07) is 16.1. The minimum absolute atomic E-state index is 0.148. The van der Waals surface area contributed by atoms with Gasteiger partial charge >= 0.3 is 11.9 Å². The first-order chi connectivity index (χ1) is 15.9. The van der Waals surface area contributed by atoms with Crippen LogP contribution < -0.4 is 9.47 Å². The molecule has 5 heteroatoms. The molecule has 0 atom stereocenters. The summed E-state index contributed by atoms with van der Waals surface area (Å²) >= 11 is 2.04. The maximum atomic E-state index is 11.9. The molecular formula is C28H34O4S. The summed E-state index contributed by atoms with van der Waals surface area (Å²) in [7, 11) is 0. The maximum Gasteiger partial charge on any atom is 0.308 e. The molecule has 0 amide bonds. The summed E-state index contributed by atoms with van der Waals surface area (Å²) in [4.78, 5) is 23.8. The predicted octanol–water partition coefficient (Wildman–Crippen LogP) is 7.29. The quantitative estimate of drug-likeness (QED) is 0.330. The molecule has 33 heavy (non-hydrogen) atoms. The fraction of sp³-hybridized carbons (Fsp3) is 0.500. The van der Waals surface area contributed by atoms with Gasteiger partial charge in [-0.3, -0.25) is 9.59 Å². The van der Waals surface area contributed by atoms with E-state index in [0.717, 1.165) is 62.5 Å². The molecule has 2 aromatic rings. The van der Waals surface area contributed by atoms with Crippen LogP contribution in [-0.2, 0) is 19.1 Å². The van der Waals surface area contributed by atoms with Crippen LogP contribution in [0.15, 0.2) is 48.5 Å². The zero-order valence-corrected chi connectivity index (χ0v) is 20.5. The smallest absolute Gasteiger partial charge is 0.308 e. The van der Waals surface area contributed by atoms with Crippen molar-refractivity contribution in [3.63, 3.8) is 0 Å². The van der Waals surface area contributed by atoms with Crippen LogP contribution in [0.1, 0.15) is 89.2 Å². The van der Waals surface area contributed by atoms with Gasteiger partial charge in [0.1, 0.15) is 11.5 Å². The highest BCUT2D eigenvalue weighted by Gasteiger charge is 2.47. The molecule has 0 bridgehead atoms. The second-order valence-corrected chi connectivity index (χ2v) is 11.2. The normalized spacial score (nSPS) is 19.5. The highest BCUT2D eigenvalue weighted by atomic mass is 32.2. The summed E-state index contributed by atoms with van der Waals surface area (Å²) in [5.74, 6) is 0.786. The van der Waals surface area contributed by atoms with E-state index in [0.29, 0.717) is 11.5 Å². The summed E-state index contributed by atoms with van der Waals surface area (Å²) in [6.45, 7) is 2.94. The van der Waals surface area contributed by atoms with Gasteiger partial charge in [-0.05, 0) is 37.8 Å². The predicted molar refractivity (Wildman–Crippen MR) is 133 cm³/mol. The first kappa shape index (κ1) is 23.9. The Morgan fingerprint density at radius 1 is 0.636 bits per heavy atom. The van der Waals surface area contributed by atoms with Gasteiger partial charge in [-0.25, -0.2) is 0 Å². The van der Waals surface area contributed by atoms with Gasteiger partial charge in [0.25, 0.3) is 0 Å². The summed E-state index contributed by atoms with van der Waals surface area (Å²) in [6.07, 6.45) is 11.3. The zero-order valence-electron chi connectivity index (χ0n) is 19.7. The lowest BCUT2D eigenvalue weighted by molar-refractivity contribution is -0.132. The van der Waals surface area contributed by atoms with E-state index >= 15 is 0 Å². The summed E-state index contributed by atoms with van der Waals surface area (Å²) in [5, 5.41) is 0. The highest BCUT2D eigenvalue weighted by molar-refractivity contribution is 8.01. The lowest BCUT2D eigenvalue weighted by atomic mass is 9.81. The van der Waals surface area contributed by atoms with Gasteiger partial charge in [0.2, 0.25) is 0 Å². The van der Waals surface area contributed by atoms with Gasteiger partial charge in [-0.1, -0.05) is 74.9 Å². The molecule has 0 radical (unpaired) electrons. The van der Waals surface area contributed by atoms with Crippen LogP contribution in [0.5, 0.6) is 11.5 Å². The van der Waals surface area contributed by atoms with E-state index in [1.807, 2.05) is 36.0 Å². The molecule has 0 spiro atoms. The average molecular weight is 467 g/mol. The highest BCUT2D eigenvalue weighted by Crippen LogP contribution is 2.62. The number of ether oxygens (including phenoxy) is 2. The molecule has 176 valence electrons. The van der Waals surface area contributed by atoms with Gasteiger partial charge in [0.15, 0.2) is 0 Å². The summed E-state index contributed by atoms with van der Waals surface area (Å²) in [5.41, 5.74) is 2.25. The number of hydrogen-bond donors (Lipinski definition) is 0. The van der Waals surface area contributed by atoms with Gasteiger partial charge in [-0.15, -0.1) is 11.8 Å². The van der Waals surface area contributed by atoms with Gasteiger partial charge < -0.3 is 9.47 Å². The van der Waals surface area contributed by atoms with Gasteiger partial charge in [0, 0.05) is 34.5 Å². The van der Waals surface area contributed by atoms with Crippen LogP contribution in [0.2, 0.25) is 0 Å².